The molecule has 0 aliphatic carbocycles. The van der Waals surface area contributed by atoms with Crippen molar-refractivity contribution >= 4 is 17.7 Å². The Morgan fingerprint density at radius 2 is 1.87 bits per heavy atom. The minimum absolute atomic E-state index is 0.924. The molecule has 1 aromatic rings. The lowest BCUT2D eigenvalue weighted by Gasteiger charge is -2.03. The zero-order valence-electron chi connectivity index (χ0n) is 9.75. The van der Waals surface area contributed by atoms with E-state index in [2.05, 4.69) is 26.8 Å². The normalized spacial score (nSPS) is 14.7. The Bertz CT molecular complexity index is 294. The summed E-state index contributed by atoms with van der Waals surface area (Å²) in [4.78, 5) is 14.6. The lowest BCUT2D eigenvalue weighted by atomic mass is 10.3. The first kappa shape index (κ1) is 12.2. The van der Waals surface area contributed by atoms with Crippen molar-refractivity contribution in [2.45, 2.75) is 33.6 Å². The van der Waals surface area contributed by atoms with Crippen molar-refractivity contribution in [2.24, 2.45) is 0 Å². The predicted octanol–water partition coefficient (Wildman–Crippen LogP) is 2.91. The second kappa shape index (κ2) is 5.91. The number of amides is 1. The zero-order valence-corrected chi connectivity index (χ0v) is 10.6. The number of carbonyl (C=O) groups is 1. The summed E-state index contributed by atoms with van der Waals surface area (Å²) >= 11 is 1.87. The highest BCUT2D eigenvalue weighted by molar-refractivity contribution is 7.12. The molecule has 84 valence electrons. The number of thiophene rings is 1. The number of hydrogen-bond donors (Lipinski definition) is 0. The Balaban J connectivity index is 0.000000151. The number of rotatable bonds is 1. The maximum absolute atomic E-state index is 9.93. The van der Waals surface area contributed by atoms with Gasteiger partial charge in [0.25, 0.3) is 0 Å². The van der Waals surface area contributed by atoms with Gasteiger partial charge in [0.05, 0.1) is 0 Å². The maximum Gasteiger partial charge on any atom is 0.209 e. The number of likely N-dealkylation sites (tertiary alicyclic amines) is 1. The van der Waals surface area contributed by atoms with E-state index in [-0.39, 0.29) is 0 Å². The second-order valence-electron chi connectivity index (χ2n) is 3.94. The largest absolute Gasteiger partial charge is 0.345 e. The summed E-state index contributed by atoms with van der Waals surface area (Å²) in [5.41, 5.74) is 1.42. The average molecular weight is 225 g/mol. The van der Waals surface area contributed by atoms with Crippen LogP contribution in [-0.4, -0.2) is 24.4 Å². The predicted molar refractivity (Wildman–Crippen MR) is 65.4 cm³/mol. The minimum Gasteiger partial charge on any atom is -0.345 e. The molecule has 0 spiro atoms. The summed E-state index contributed by atoms with van der Waals surface area (Å²) in [6, 6.07) is 2.22. The fraction of sp³-hybridized carbons (Fsp3) is 0.583. The van der Waals surface area contributed by atoms with Crippen molar-refractivity contribution in [3.63, 3.8) is 0 Å². The number of aryl methyl sites for hydroxylation is 3. The van der Waals surface area contributed by atoms with Crippen LogP contribution >= 0.6 is 11.3 Å². The zero-order chi connectivity index (χ0) is 11.3. The first-order valence-corrected chi connectivity index (χ1v) is 6.18. The van der Waals surface area contributed by atoms with Gasteiger partial charge in [0, 0.05) is 22.8 Å². The van der Waals surface area contributed by atoms with Crippen LogP contribution in [0.5, 0.6) is 0 Å². The summed E-state index contributed by atoms with van der Waals surface area (Å²) in [6.45, 7) is 8.41. The van der Waals surface area contributed by atoms with E-state index in [0.717, 1.165) is 19.5 Å². The van der Waals surface area contributed by atoms with Gasteiger partial charge in [-0.2, -0.15) is 0 Å². The van der Waals surface area contributed by atoms with E-state index in [1.165, 1.54) is 28.2 Å². The van der Waals surface area contributed by atoms with Gasteiger partial charge in [-0.25, -0.2) is 0 Å². The summed E-state index contributed by atoms with van der Waals surface area (Å²) < 4.78 is 0. The molecule has 2 heterocycles. The van der Waals surface area contributed by atoms with Gasteiger partial charge < -0.3 is 4.90 Å². The van der Waals surface area contributed by atoms with Crippen LogP contribution in [0.25, 0.3) is 0 Å². The van der Waals surface area contributed by atoms with E-state index in [0.29, 0.717) is 0 Å². The highest BCUT2D eigenvalue weighted by Crippen LogP contribution is 2.18. The molecule has 0 atom stereocenters. The van der Waals surface area contributed by atoms with Crippen LogP contribution in [0.4, 0.5) is 0 Å². The second-order valence-corrected chi connectivity index (χ2v) is 5.41. The molecule has 0 unspecified atom stereocenters. The number of hydrogen-bond acceptors (Lipinski definition) is 2. The molecule has 1 aliphatic rings. The highest BCUT2D eigenvalue weighted by Gasteiger charge is 2.06. The topological polar surface area (TPSA) is 20.3 Å². The van der Waals surface area contributed by atoms with E-state index < -0.39 is 0 Å². The summed E-state index contributed by atoms with van der Waals surface area (Å²) in [5.74, 6) is 0. The standard InChI is InChI=1S/C7H10S.C5H9NO/c1-5-4-6(2)8-7(5)3;7-5-6-3-1-2-4-6/h4H,1-3H3;5H,1-4H2. The van der Waals surface area contributed by atoms with Crippen molar-refractivity contribution in [1.29, 1.82) is 0 Å². The Kier molecular flexibility index (Phi) is 4.82. The minimum atomic E-state index is 0.924. The lowest BCUT2D eigenvalue weighted by Crippen LogP contribution is -2.15. The summed E-state index contributed by atoms with van der Waals surface area (Å²) in [5, 5.41) is 0. The Hall–Kier alpha value is -0.830. The van der Waals surface area contributed by atoms with Crippen LogP contribution in [-0.2, 0) is 4.79 Å². The van der Waals surface area contributed by atoms with Crippen molar-refractivity contribution in [2.75, 3.05) is 13.1 Å². The fourth-order valence-corrected chi connectivity index (χ4v) is 2.54. The van der Waals surface area contributed by atoms with Crippen LogP contribution in [0.1, 0.15) is 28.2 Å². The SMILES string of the molecule is Cc1cc(C)c(C)s1.O=CN1CCCC1. The van der Waals surface area contributed by atoms with Gasteiger partial charge in [-0.1, -0.05) is 0 Å². The van der Waals surface area contributed by atoms with E-state index in [1.807, 2.05) is 11.3 Å². The molecule has 0 radical (unpaired) electrons. The monoisotopic (exact) mass is 225 g/mol. The van der Waals surface area contributed by atoms with Gasteiger partial charge in [-0.05, 0) is 45.2 Å². The molecule has 1 saturated heterocycles. The van der Waals surface area contributed by atoms with E-state index in [1.54, 1.807) is 4.90 Å². The molecule has 0 aromatic carbocycles. The van der Waals surface area contributed by atoms with Crippen LogP contribution in [0.3, 0.4) is 0 Å². The first-order chi connectivity index (χ1) is 7.13. The third kappa shape index (κ3) is 4.04. The highest BCUT2D eigenvalue weighted by atomic mass is 32.1. The van der Waals surface area contributed by atoms with Gasteiger partial charge in [-0.15, -0.1) is 11.3 Å². The molecule has 1 fully saturated rings. The molecule has 0 bridgehead atoms. The van der Waals surface area contributed by atoms with Crippen LogP contribution in [0.15, 0.2) is 6.07 Å². The van der Waals surface area contributed by atoms with E-state index >= 15 is 0 Å². The summed E-state index contributed by atoms with van der Waals surface area (Å²) in [7, 11) is 0. The fourth-order valence-electron chi connectivity index (χ4n) is 1.60. The molecular formula is C12H19NOS. The Morgan fingerprint density at radius 1 is 1.27 bits per heavy atom. The summed E-state index contributed by atoms with van der Waals surface area (Å²) in [6.07, 6.45) is 3.31. The van der Waals surface area contributed by atoms with E-state index in [9.17, 15) is 4.79 Å². The van der Waals surface area contributed by atoms with Gasteiger partial charge in [0.2, 0.25) is 6.41 Å². The molecule has 2 nitrogen and oxygen atoms in total. The molecule has 2 rings (SSSR count). The first-order valence-electron chi connectivity index (χ1n) is 5.36. The van der Waals surface area contributed by atoms with Crippen molar-refractivity contribution < 1.29 is 4.79 Å². The van der Waals surface area contributed by atoms with Gasteiger partial charge in [-0.3, -0.25) is 4.79 Å². The lowest BCUT2D eigenvalue weighted by molar-refractivity contribution is -0.117. The van der Waals surface area contributed by atoms with Crippen molar-refractivity contribution in [1.82, 2.24) is 4.90 Å². The molecule has 0 saturated carbocycles. The Morgan fingerprint density at radius 3 is 2.07 bits per heavy atom. The molecule has 0 N–H and O–H groups in total. The molecular weight excluding hydrogens is 206 g/mol. The smallest absolute Gasteiger partial charge is 0.209 e. The van der Waals surface area contributed by atoms with Crippen molar-refractivity contribution in [3.8, 4) is 0 Å². The molecule has 15 heavy (non-hydrogen) atoms. The molecule has 1 amide bonds. The average Bonchev–Trinajstić information content (AvgIpc) is 2.78. The van der Waals surface area contributed by atoms with Crippen LogP contribution in [0, 0.1) is 20.8 Å². The third-order valence-corrected chi connectivity index (χ3v) is 3.65. The third-order valence-electron chi connectivity index (χ3n) is 2.58. The molecule has 3 heteroatoms. The van der Waals surface area contributed by atoms with E-state index in [4.69, 9.17) is 0 Å². The number of nitrogens with zero attached hydrogens (tertiary/aromatic N) is 1. The maximum atomic E-state index is 9.93. The molecule has 1 aromatic heterocycles. The van der Waals surface area contributed by atoms with Crippen molar-refractivity contribution in [3.05, 3.63) is 21.4 Å². The van der Waals surface area contributed by atoms with Crippen LogP contribution < -0.4 is 0 Å². The Labute approximate surface area is 95.9 Å². The molecule has 1 aliphatic heterocycles. The van der Waals surface area contributed by atoms with Crippen LogP contribution in [0.2, 0.25) is 0 Å². The van der Waals surface area contributed by atoms with Gasteiger partial charge in [0.15, 0.2) is 0 Å². The quantitative estimate of drug-likeness (QED) is 0.673. The number of carbonyl (C=O) groups excluding carboxylic acids is 1. The van der Waals surface area contributed by atoms with Gasteiger partial charge >= 0.3 is 0 Å². The van der Waals surface area contributed by atoms with Gasteiger partial charge in [0.1, 0.15) is 0 Å².